The molecular weight excluding hydrogens is 689 g/mol. The molecule has 8 rings (SSSR count). The number of rotatable bonds is 8. The lowest BCUT2D eigenvalue weighted by Gasteiger charge is -2.62. The molecule has 7 nitrogen and oxygen atoms in total. The highest BCUT2D eigenvalue weighted by atomic mass is 16.4. The summed E-state index contributed by atoms with van der Waals surface area (Å²) in [4.78, 5) is 22.1. The summed E-state index contributed by atoms with van der Waals surface area (Å²) in [6, 6.07) is 0. The van der Waals surface area contributed by atoms with Gasteiger partial charge in [0.15, 0.2) is 0 Å². The Morgan fingerprint density at radius 2 is 0.964 bits per heavy atom. The highest BCUT2D eigenvalue weighted by Crippen LogP contribution is 2.70. The van der Waals surface area contributed by atoms with E-state index in [1.807, 2.05) is 0 Å². The Morgan fingerprint density at radius 1 is 0.527 bits per heavy atom. The Bertz CT molecular complexity index is 1380. The van der Waals surface area contributed by atoms with Crippen LogP contribution >= 0.6 is 0 Å². The molecule has 314 valence electrons. The second-order valence-corrected chi connectivity index (χ2v) is 22.6. The van der Waals surface area contributed by atoms with Gasteiger partial charge in [-0.05, 0) is 215 Å². The van der Waals surface area contributed by atoms with Crippen molar-refractivity contribution in [2.24, 2.45) is 92.7 Å². The van der Waals surface area contributed by atoms with E-state index < -0.39 is 11.9 Å². The van der Waals surface area contributed by atoms with E-state index in [0.717, 1.165) is 75.0 Å². The molecule has 8 aliphatic carbocycles. The highest BCUT2D eigenvalue weighted by Gasteiger charge is 2.63. The summed E-state index contributed by atoms with van der Waals surface area (Å²) in [5, 5.41) is 49.8. The maximum Gasteiger partial charge on any atom is 0.303 e. The number of aliphatic hydroxyl groups excluding tert-OH is 3. The number of carboxylic acid groups (broad SMARTS) is 2. The summed E-state index contributed by atoms with van der Waals surface area (Å²) in [6.45, 7) is 14.6. The topological polar surface area (TPSA) is 135 Å². The number of carbonyl (C=O) groups is 2. The van der Waals surface area contributed by atoms with Crippen molar-refractivity contribution in [2.75, 3.05) is 0 Å². The summed E-state index contributed by atoms with van der Waals surface area (Å²) in [5.74, 6) is 6.26. The van der Waals surface area contributed by atoms with Crippen LogP contribution in [-0.4, -0.2) is 55.8 Å². The first-order valence-corrected chi connectivity index (χ1v) is 23.4. The SMILES string of the molecule is C[C@H](CCC(=O)O)[C@H]1CC[C@H]2[C@@H]3CC[C@@H]4C[C@H](O)CC[C@]4(C)[C@H]3CC[C@]12C.C[C@H](CCC(=O)O)[C@H]1CC[C@H]2[C@@H]3[C@@H](O)C[C@@H]4C[C@H](O)CC[C@]4(C)[C@H]3CC[C@]12C. The molecule has 0 aromatic carbocycles. The molecule has 8 aliphatic rings. The van der Waals surface area contributed by atoms with E-state index in [0.29, 0.717) is 64.6 Å². The van der Waals surface area contributed by atoms with Crippen molar-refractivity contribution in [2.45, 2.75) is 195 Å². The van der Waals surface area contributed by atoms with Gasteiger partial charge in [0.1, 0.15) is 0 Å². The van der Waals surface area contributed by atoms with Gasteiger partial charge >= 0.3 is 11.9 Å². The van der Waals surface area contributed by atoms with Gasteiger partial charge in [0.05, 0.1) is 18.3 Å². The van der Waals surface area contributed by atoms with Crippen molar-refractivity contribution in [1.29, 1.82) is 0 Å². The summed E-state index contributed by atoms with van der Waals surface area (Å²) in [7, 11) is 0. The molecule has 5 N–H and O–H groups in total. The molecule has 7 heteroatoms. The Hall–Kier alpha value is -1.18. The Balaban J connectivity index is 0.000000169. The third kappa shape index (κ3) is 7.40. The first kappa shape index (κ1) is 42.0. The molecule has 8 fully saturated rings. The fourth-order valence-electron chi connectivity index (χ4n) is 17.5. The lowest BCUT2D eigenvalue weighted by Crippen LogP contribution is -2.58. The van der Waals surface area contributed by atoms with Gasteiger partial charge in [-0.25, -0.2) is 0 Å². The fraction of sp³-hybridized carbons (Fsp3) is 0.958. The van der Waals surface area contributed by atoms with Crippen molar-refractivity contribution >= 4 is 11.9 Å². The van der Waals surface area contributed by atoms with E-state index >= 15 is 0 Å². The predicted octanol–water partition coefficient (Wildman–Crippen LogP) is 9.98. The molecule has 55 heavy (non-hydrogen) atoms. The van der Waals surface area contributed by atoms with Crippen LogP contribution in [0.1, 0.15) is 176 Å². The van der Waals surface area contributed by atoms with Crippen LogP contribution in [0.2, 0.25) is 0 Å². The normalized spacial score (nSPS) is 51.0. The molecule has 0 saturated heterocycles. The van der Waals surface area contributed by atoms with E-state index in [4.69, 9.17) is 10.2 Å². The van der Waals surface area contributed by atoms with Gasteiger partial charge < -0.3 is 25.5 Å². The van der Waals surface area contributed by atoms with E-state index in [9.17, 15) is 24.9 Å². The maximum atomic E-state index is 11.2. The molecule has 0 aromatic heterocycles. The van der Waals surface area contributed by atoms with Crippen molar-refractivity contribution in [3.63, 3.8) is 0 Å². The first-order chi connectivity index (χ1) is 25.9. The number of hydrogen-bond donors (Lipinski definition) is 5. The average Bonchev–Trinajstić information content (AvgIpc) is 3.67. The Kier molecular flexibility index (Phi) is 12.0. The second kappa shape index (κ2) is 15.8. The fourth-order valence-corrected chi connectivity index (χ4v) is 17.5. The number of aliphatic hydroxyl groups is 3. The van der Waals surface area contributed by atoms with Gasteiger partial charge in [0.2, 0.25) is 0 Å². The second-order valence-electron chi connectivity index (χ2n) is 22.6. The molecule has 0 bridgehead atoms. The summed E-state index contributed by atoms with van der Waals surface area (Å²) >= 11 is 0. The minimum absolute atomic E-state index is 0.0561. The number of fused-ring (bicyclic) bond motifs is 10. The zero-order valence-electron chi connectivity index (χ0n) is 35.6. The van der Waals surface area contributed by atoms with E-state index in [1.54, 1.807) is 0 Å². The lowest BCUT2D eigenvalue weighted by atomic mass is 9.43. The number of hydrogen-bond acceptors (Lipinski definition) is 5. The zero-order valence-corrected chi connectivity index (χ0v) is 35.6. The van der Waals surface area contributed by atoms with E-state index in [2.05, 4.69) is 41.5 Å². The van der Waals surface area contributed by atoms with Crippen molar-refractivity contribution in [1.82, 2.24) is 0 Å². The molecular formula is C48H80O7. The van der Waals surface area contributed by atoms with Gasteiger partial charge in [-0.2, -0.15) is 0 Å². The first-order valence-electron chi connectivity index (χ1n) is 23.4. The van der Waals surface area contributed by atoms with Crippen LogP contribution in [0.25, 0.3) is 0 Å². The van der Waals surface area contributed by atoms with Crippen molar-refractivity contribution in [3.05, 3.63) is 0 Å². The average molecular weight is 769 g/mol. The molecule has 0 spiro atoms. The zero-order chi connectivity index (χ0) is 39.7. The monoisotopic (exact) mass is 769 g/mol. The van der Waals surface area contributed by atoms with Crippen molar-refractivity contribution in [3.8, 4) is 0 Å². The van der Waals surface area contributed by atoms with Crippen LogP contribution in [0.4, 0.5) is 0 Å². The van der Waals surface area contributed by atoms with E-state index in [1.165, 1.54) is 70.6 Å². The molecule has 0 unspecified atom stereocenters. The minimum Gasteiger partial charge on any atom is -0.481 e. The molecule has 19 atom stereocenters. The van der Waals surface area contributed by atoms with Crippen LogP contribution in [-0.2, 0) is 9.59 Å². The molecule has 0 heterocycles. The Morgan fingerprint density at radius 3 is 1.53 bits per heavy atom. The third-order valence-corrected chi connectivity index (χ3v) is 20.4. The van der Waals surface area contributed by atoms with Crippen LogP contribution < -0.4 is 0 Å². The third-order valence-electron chi connectivity index (χ3n) is 20.4. The quantitative estimate of drug-likeness (QED) is 0.166. The molecule has 8 saturated carbocycles. The minimum atomic E-state index is -0.684. The van der Waals surface area contributed by atoms with Crippen LogP contribution in [0.3, 0.4) is 0 Å². The van der Waals surface area contributed by atoms with Crippen LogP contribution in [0.5, 0.6) is 0 Å². The number of carboxylic acids is 2. The summed E-state index contributed by atoms with van der Waals surface area (Å²) in [6.07, 6.45) is 21.6. The van der Waals surface area contributed by atoms with Gasteiger partial charge in [0, 0.05) is 12.8 Å². The predicted molar refractivity (Wildman–Crippen MR) is 216 cm³/mol. The maximum absolute atomic E-state index is 11.2. The van der Waals surface area contributed by atoms with Gasteiger partial charge in [-0.3, -0.25) is 9.59 Å². The van der Waals surface area contributed by atoms with E-state index in [-0.39, 0.29) is 35.6 Å². The summed E-state index contributed by atoms with van der Waals surface area (Å²) in [5.41, 5.74) is 1.40. The molecule has 0 aromatic rings. The summed E-state index contributed by atoms with van der Waals surface area (Å²) < 4.78 is 0. The molecule has 0 aliphatic heterocycles. The van der Waals surface area contributed by atoms with Crippen LogP contribution in [0, 0.1) is 92.7 Å². The van der Waals surface area contributed by atoms with Gasteiger partial charge in [-0.1, -0.05) is 41.5 Å². The highest BCUT2D eigenvalue weighted by molar-refractivity contribution is 5.66. The molecule has 0 radical (unpaired) electrons. The largest absolute Gasteiger partial charge is 0.481 e. The standard InChI is InChI=1S/C24H40O4.C24H40O3/c1-14(4-7-21(27)28)17-5-6-18-22-19(9-11-24(17,18)3)23(2)10-8-16(25)12-15(23)13-20(22)26;1-15(4-9-22(26)27)19-7-8-20-18-6-5-16-14-17(25)10-12-23(16,2)21(18)11-13-24(19,20)3/h14-20,22,25-26H,4-13H2,1-3H3,(H,27,28);15-21,25H,4-14H2,1-3H3,(H,26,27)/t14-,15+,16-,17-,18+,19+,20+,22+,23+,24-;15-,16-,17-,18+,19-,20+,21+,23+,24-/m11/s1. The van der Waals surface area contributed by atoms with Crippen molar-refractivity contribution < 1.29 is 35.1 Å². The smallest absolute Gasteiger partial charge is 0.303 e. The lowest BCUT2D eigenvalue weighted by molar-refractivity contribution is -0.174. The van der Waals surface area contributed by atoms with Gasteiger partial charge in [0.25, 0.3) is 0 Å². The van der Waals surface area contributed by atoms with Gasteiger partial charge in [-0.15, -0.1) is 0 Å². The molecule has 0 amide bonds. The van der Waals surface area contributed by atoms with Crippen LogP contribution in [0.15, 0.2) is 0 Å². The number of aliphatic carboxylic acids is 2. The Labute approximate surface area is 333 Å².